The molecule has 4 rings (SSSR count). The second-order valence-corrected chi connectivity index (χ2v) is 6.37. The van der Waals surface area contributed by atoms with Crippen LogP contribution in [-0.2, 0) is 9.59 Å². The van der Waals surface area contributed by atoms with E-state index in [1.807, 2.05) is 0 Å². The highest BCUT2D eigenvalue weighted by molar-refractivity contribution is 6.51. The fraction of sp³-hybridized carbons (Fsp3) is 0.533. The highest BCUT2D eigenvalue weighted by atomic mass is 16.1. The van der Waals surface area contributed by atoms with Crippen LogP contribution < -0.4 is 0 Å². The topological polar surface area (TPSA) is 71.2 Å². The van der Waals surface area contributed by atoms with E-state index in [4.69, 9.17) is 0 Å². The summed E-state index contributed by atoms with van der Waals surface area (Å²) in [4.78, 5) is 37.9. The number of allylic oxidation sites excluding steroid dienone is 2. The number of carbonyl (C=O) groups excluding carboxylic acids is 2. The molecule has 0 aromatic carbocycles. The molecule has 1 fully saturated rings. The van der Waals surface area contributed by atoms with Crippen LogP contribution in [0.4, 0.5) is 0 Å². The van der Waals surface area contributed by atoms with Crippen LogP contribution in [0.3, 0.4) is 0 Å². The maximum Gasteiger partial charge on any atom is 0.184 e. The molecule has 0 bridgehead atoms. The van der Waals surface area contributed by atoms with Gasteiger partial charge in [-0.15, -0.1) is 0 Å². The summed E-state index contributed by atoms with van der Waals surface area (Å²) >= 11 is 0. The Morgan fingerprint density at radius 1 is 1.20 bits per heavy atom. The summed E-state index contributed by atoms with van der Waals surface area (Å²) in [5.74, 6) is 0.714. The highest BCUT2D eigenvalue weighted by Crippen LogP contribution is 2.39. The molecule has 0 amide bonds. The maximum absolute atomic E-state index is 12.5. The average molecular weight is 269 g/mol. The van der Waals surface area contributed by atoms with Gasteiger partial charge in [-0.3, -0.25) is 14.6 Å². The molecular formula is C15H15N3O2. The minimum Gasteiger partial charge on any atom is -0.296 e. The smallest absolute Gasteiger partial charge is 0.184 e. The lowest BCUT2D eigenvalue weighted by molar-refractivity contribution is -0.128. The molecule has 0 N–H and O–H groups in total. The molecule has 1 unspecified atom stereocenters. The largest absolute Gasteiger partial charge is 0.296 e. The number of fused-ring (bicyclic) bond motifs is 2. The molecule has 5 heteroatoms. The molecule has 4 aliphatic rings. The molecule has 2 aliphatic carbocycles. The Balaban J connectivity index is 1.88. The fourth-order valence-electron chi connectivity index (χ4n) is 2.94. The van der Waals surface area contributed by atoms with Crippen LogP contribution in [0.25, 0.3) is 0 Å². The monoisotopic (exact) mass is 269 g/mol. The predicted molar refractivity (Wildman–Crippen MR) is 75.3 cm³/mol. The van der Waals surface area contributed by atoms with E-state index in [1.54, 1.807) is 20.1 Å². The summed E-state index contributed by atoms with van der Waals surface area (Å²) in [7, 11) is 0. The zero-order valence-corrected chi connectivity index (χ0v) is 11.5. The minimum atomic E-state index is -0.745. The number of carbonyl (C=O) groups is 2. The van der Waals surface area contributed by atoms with E-state index < -0.39 is 11.5 Å². The van der Waals surface area contributed by atoms with Crippen LogP contribution in [0.5, 0.6) is 0 Å². The van der Waals surface area contributed by atoms with Crippen LogP contribution in [0.15, 0.2) is 26.2 Å². The fourth-order valence-corrected chi connectivity index (χ4v) is 2.94. The van der Waals surface area contributed by atoms with Gasteiger partial charge in [-0.1, -0.05) is 0 Å². The number of rotatable bonds is 1. The summed E-state index contributed by atoms with van der Waals surface area (Å²) in [6, 6.07) is 0. The first-order valence-electron chi connectivity index (χ1n) is 7.02. The Hall–Kier alpha value is -1.91. The molecular weight excluding hydrogens is 254 g/mol. The van der Waals surface area contributed by atoms with Crippen molar-refractivity contribution < 1.29 is 9.59 Å². The Labute approximate surface area is 116 Å². The summed E-state index contributed by atoms with van der Waals surface area (Å²) in [6.07, 6.45) is 4.12. The standard InChI is InChI=1S/C15H15N3O2/c1-15(2)13(20)8-5-10(19)12-11(9(8)6-16-15)17-14(18-12)7-3-4-7/h6-8H,3-5H2,1-2H3. The SMILES string of the molecule is CC1(C)N=CC2=C3N=C(C4CC4)N=C3C(=O)CC2C1=O. The van der Waals surface area contributed by atoms with Crippen molar-refractivity contribution >= 4 is 29.3 Å². The third-order valence-corrected chi connectivity index (χ3v) is 4.37. The Kier molecular flexibility index (Phi) is 2.13. The van der Waals surface area contributed by atoms with Gasteiger partial charge in [0.05, 0.1) is 5.92 Å². The van der Waals surface area contributed by atoms with Crippen molar-refractivity contribution in [3.05, 3.63) is 11.3 Å². The molecule has 1 saturated carbocycles. The van der Waals surface area contributed by atoms with Gasteiger partial charge >= 0.3 is 0 Å². The third kappa shape index (κ3) is 1.52. The zero-order chi connectivity index (χ0) is 14.1. The Morgan fingerprint density at radius 2 is 1.95 bits per heavy atom. The molecule has 20 heavy (non-hydrogen) atoms. The maximum atomic E-state index is 12.5. The van der Waals surface area contributed by atoms with Crippen molar-refractivity contribution in [1.82, 2.24) is 0 Å². The van der Waals surface area contributed by atoms with Crippen LogP contribution in [-0.4, -0.2) is 34.9 Å². The van der Waals surface area contributed by atoms with E-state index in [0.29, 0.717) is 17.3 Å². The van der Waals surface area contributed by atoms with Crippen molar-refractivity contribution in [2.45, 2.75) is 38.6 Å². The van der Waals surface area contributed by atoms with Gasteiger partial charge in [-0.2, -0.15) is 0 Å². The Bertz CT molecular complexity index is 675. The number of amidine groups is 1. The number of ketones is 2. The van der Waals surface area contributed by atoms with Gasteiger partial charge in [0.2, 0.25) is 0 Å². The quantitative estimate of drug-likeness (QED) is 0.724. The van der Waals surface area contributed by atoms with Gasteiger partial charge in [0.15, 0.2) is 11.6 Å². The van der Waals surface area contributed by atoms with Gasteiger partial charge in [-0.05, 0) is 26.7 Å². The van der Waals surface area contributed by atoms with E-state index >= 15 is 0 Å². The van der Waals surface area contributed by atoms with Gasteiger partial charge in [0, 0.05) is 24.1 Å². The molecule has 1 atom stereocenters. The highest BCUT2D eigenvalue weighted by Gasteiger charge is 2.46. The number of hydrogen-bond acceptors (Lipinski definition) is 5. The van der Waals surface area contributed by atoms with Gasteiger partial charge < -0.3 is 0 Å². The number of Topliss-reactive ketones (excluding diaryl/α,β-unsaturated/α-hetero) is 2. The van der Waals surface area contributed by atoms with Crippen LogP contribution in [0.2, 0.25) is 0 Å². The van der Waals surface area contributed by atoms with E-state index in [2.05, 4.69) is 15.0 Å². The number of aliphatic imine (C=N–C) groups is 3. The van der Waals surface area contributed by atoms with Crippen molar-refractivity contribution in [1.29, 1.82) is 0 Å². The lowest BCUT2D eigenvalue weighted by atomic mass is 9.74. The van der Waals surface area contributed by atoms with Crippen molar-refractivity contribution in [2.75, 3.05) is 0 Å². The second-order valence-electron chi connectivity index (χ2n) is 6.37. The van der Waals surface area contributed by atoms with E-state index in [-0.39, 0.29) is 18.0 Å². The van der Waals surface area contributed by atoms with E-state index in [9.17, 15) is 9.59 Å². The molecule has 0 radical (unpaired) electrons. The summed E-state index contributed by atoms with van der Waals surface area (Å²) in [5.41, 5.74) is 1.08. The predicted octanol–water partition coefficient (Wildman–Crippen LogP) is 1.52. The van der Waals surface area contributed by atoms with E-state index in [0.717, 1.165) is 24.3 Å². The van der Waals surface area contributed by atoms with Crippen LogP contribution >= 0.6 is 0 Å². The first-order chi connectivity index (χ1) is 9.47. The average Bonchev–Trinajstić information content (AvgIpc) is 3.14. The molecule has 0 spiro atoms. The molecule has 0 saturated heterocycles. The summed E-state index contributed by atoms with van der Waals surface area (Å²) in [6.45, 7) is 3.57. The number of hydrogen-bond donors (Lipinski definition) is 0. The van der Waals surface area contributed by atoms with Gasteiger partial charge in [0.1, 0.15) is 22.8 Å². The van der Waals surface area contributed by atoms with E-state index in [1.165, 1.54) is 0 Å². The molecule has 0 aromatic rings. The minimum absolute atomic E-state index is 0.00460. The van der Waals surface area contributed by atoms with Crippen molar-refractivity contribution in [3.63, 3.8) is 0 Å². The third-order valence-electron chi connectivity index (χ3n) is 4.37. The summed E-state index contributed by atoms with van der Waals surface area (Å²) < 4.78 is 0. The second kappa shape index (κ2) is 3.59. The first kappa shape index (κ1) is 11.9. The van der Waals surface area contributed by atoms with Crippen LogP contribution in [0.1, 0.15) is 33.1 Å². The Morgan fingerprint density at radius 3 is 2.65 bits per heavy atom. The molecule has 2 aliphatic heterocycles. The molecule has 2 heterocycles. The van der Waals surface area contributed by atoms with Gasteiger partial charge in [-0.25, -0.2) is 9.98 Å². The summed E-state index contributed by atoms with van der Waals surface area (Å²) in [5, 5.41) is 0. The lowest BCUT2D eigenvalue weighted by Gasteiger charge is -2.32. The molecule has 102 valence electrons. The van der Waals surface area contributed by atoms with Crippen LogP contribution in [0, 0.1) is 11.8 Å². The van der Waals surface area contributed by atoms with Crippen molar-refractivity contribution in [3.8, 4) is 0 Å². The normalized spacial score (nSPS) is 31.0. The molecule has 0 aromatic heterocycles. The molecule has 5 nitrogen and oxygen atoms in total. The zero-order valence-electron chi connectivity index (χ0n) is 11.5. The lowest BCUT2D eigenvalue weighted by Crippen LogP contribution is -2.44. The van der Waals surface area contributed by atoms with Gasteiger partial charge in [0.25, 0.3) is 0 Å². The number of nitrogens with zero attached hydrogens (tertiary/aromatic N) is 3. The first-order valence-corrected chi connectivity index (χ1v) is 7.02. The van der Waals surface area contributed by atoms with Crippen molar-refractivity contribution in [2.24, 2.45) is 26.8 Å².